The van der Waals surface area contributed by atoms with Crippen LogP contribution >= 0.6 is 11.5 Å². The largest absolute Gasteiger partial charge is 0.495 e. The maximum atomic E-state index is 12.5. The Kier molecular flexibility index (Phi) is 5.74. The predicted octanol–water partition coefficient (Wildman–Crippen LogP) is 2.23. The molecule has 0 aromatic carbocycles. The maximum Gasteiger partial charge on any atom is 0.320 e. The van der Waals surface area contributed by atoms with Gasteiger partial charge in [0.15, 0.2) is 0 Å². The Morgan fingerprint density at radius 3 is 2.86 bits per heavy atom. The second kappa shape index (κ2) is 8.42. The smallest absolute Gasteiger partial charge is 0.320 e. The zero-order valence-corrected chi connectivity index (χ0v) is 16.9. The number of carbonyl (C=O) groups is 1. The van der Waals surface area contributed by atoms with Gasteiger partial charge in [-0.25, -0.2) is 4.79 Å². The molecule has 8 nitrogen and oxygen atoms in total. The minimum Gasteiger partial charge on any atom is -0.495 e. The van der Waals surface area contributed by atoms with Crippen molar-refractivity contribution >= 4 is 22.6 Å². The molecule has 2 N–H and O–H groups in total. The number of aromatic nitrogens is 2. The summed E-state index contributed by atoms with van der Waals surface area (Å²) in [5.74, 6) is 0.834. The molecule has 0 aliphatic carbocycles. The van der Waals surface area contributed by atoms with E-state index in [1.807, 2.05) is 25.1 Å². The van der Waals surface area contributed by atoms with E-state index in [0.29, 0.717) is 6.04 Å². The Balaban J connectivity index is 1.47. The number of aryl methyl sites for hydroxylation is 1. The summed E-state index contributed by atoms with van der Waals surface area (Å²) in [6.45, 7) is 5.26. The van der Waals surface area contributed by atoms with Crippen molar-refractivity contribution in [3.63, 3.8) is 0 Å². The fourth-order valence-electron chi connectivity index (χ4n) is 3.69. The molecule has 2 saturated heterocycles. The van der Waals surface area contributed by atoms with Gasteiger partial charge in [-0.1, -0.05) is 0 Å². The van der Waals surface area contributed by atoms with E-state index >= 15 is 0 Å². The van der Waals surface area contributed by atoms with E-state index in [4.69, 9.17) is 9.47 Å². The van der Waals surface area contributed by atoms with E-state index < -0.39 is 0 Å². The molecule has 0 spiro atoms. The zero-order valence-electron chi connectivity index (χ0n) is 16.1. The van der Waals surface area contributed by atoms with E-state index in [0.717, 1.165) is 54.9 Å². The SMILES string of the molecule is COc1ccc(C2CN(C3COC3)CCC2NC(=O)Nc2cc(C)ns2)nc1. The van der Waals surface area contributed by atoms with Gasteiger partial charge in [-0.15, -0.1) is 0 Å². The highest BCUT2D eigenvalue weighted by Gasteiger charge is 2.37. The molecule has 2 aliphatic rings. The van der Waals surface area contributed by atoms with Gasteiger partial charge in [0.1, 0.15) is 10.8 Å². The summed E-state index contributed by atoms with van der Waals surface area (Å²) in [6, 6.07) is 6.05. The molecule has 150 valence electrons. The molecule has 2 aromatic rings. The lowest BCUT2D eigenvalue weighted by molar-refractivity contribution is -0.0744. The Labute approximate surface area is 168 Å². The number of hydrogen-bond acceptors (Lipinski definition) is 7. The van der Waals surface area contributed by atoms with Gasteiger partial charge < -0.3 is 14.8 Å². The van der Waals surface area contributed by atoms with Crippen LogP contribution in [-0.2, 0) is 4.74 Å². The lowest BCUT2D eigenvalue weighted by Gasteiger charge is -2.44. The van der Waals surface area contributed by atoms with E-state index in [-0.39, 0.29) is 18.0 Å². The molecule has 4 heterocycles. The summed E-state index contributed by atoms with van der Waals surface area (Å²) in [4.78, 5) is 19.6. The highest BCUT2D eigenvalue weighted by Crippen LogP contribution is 2.30. The van der Waals surface area contributed by atoms with Crippen molar-refractivity contribution < 1.29 is 14.3 Å². The highest BCUT2D eigenvalue weighted by molar-refractivity contribution is 7.10. The van der Waals surface area contributed by atoms with Crippen LogP contribution in [0.4, 0.5) is 9.80 Å². The normalized spacial score (nSPS) is 23.1. The Morgan fingerprint density at radius 2 is 2.25 bits per heavy atom. The summed E-state index contributed by atoms with van der Waals surface area (Å²) in [6.07, 6.45) is 2.60. The van der Waals surface area contributed by atoms with E-state index in [2.05, 4.69) is 24.9 Å². The Morgan fingerprint density at radius 1 is 1.39 bits per heavy atom. The molecule has 2 amide bonds. The summed E-state index contributed by atoms with van der Waals surface area (Å²) in [5, 5.41) is 6.79. The number of rotatable bonds is 5. The van der Waals surface area contributed by atoms with Crippen LogP contribution in [0.1, 0.15) is 23.7 Å². The molecule has 2 unspecified atom stereocenters. The number of urea groups is 1. The number of nitrogens with one attached hydrogen (secondary N) is 2. The fraction of sp³-hybridized carbons (Fsp3) is 0.526. The molecular formula is C19H25N5O3S. The molecule has 9 heteroatoms. The van der Waals surface area contributed by atoms with Gasteiger partial charge >= 0.3 is 6.03 Å². The van der Waals surface area contributed by atoms with E-state index in [1.165, 1.54) is 11.5 Å². The summed E-state index contributed by atoms with van der Waals surface area (Å²) < 4.78 is 14.8. The van der Waals surface area contributed by atoms with Crippen LogP contribution in [0.15, 0.2) is 24.4 Å². The summed E-state index contributed by atoms with van der Waals surface area (Å²) in [7, 11) is 1.63. The highest BCUT2D eigenvalue weighted by atomic mass is 32.1. The molecule has 28 heavy (non-hydrogen) atoms. The number of hydrogen-bond donors (Lipinski definition) is 2. The van der Waals surface area contributed by atoms with Gasteiger partial charge in [0.05, 0.1) is 38.3 Å². The maximum absolute atomic E-state index is 12.5. The van der Waals surface area contributed by atoms with Gasteiger partial charge in [-0.05, 0) is 43.1 Å². The number of piperidine rings is 1. The average Bonchev–Trinajstić information content (AvgIpc) is 3.06. The minimum absolute atomic E-state index is 0.00663. The van der Waals surface area contributed by atoms with Gasteiger partial charge in [-0.2, -0.15) is 4.37 Å². The second-order valence-electron chi connectivity index (χ2n) is 7.24. The molecule has 2 fully saturated rings. The quantitative estimate of drug-likeness (QED) is 0.796. The number of amides is 2. The molecule has 2 aromatic heterocycles. The summed E-state index contributed by atoms with van der Waals surface area (Å²) in [5.41, 5.74) is 1.86. The third-order valence-corrected chi connectivity index (χ3v) is 6.13. The molecule has 0 radical (unpaired) electrons. The van der Waals surface area contributed by atoms with Crippen molar-refractivity contribution in [2.24, 2.45) is 0 Å². The van der Waals surface area contributed by atoms with Crippen molar-refractivity contribution in [3.8, 4) is 5.75 Å². The topological polar surface area (TPSA) is 88.6 Å². The fourth-order valence-corrected chi connectivity index (χ4v) is 4.34. The Hall–Kier alpha value is -2.23. The van der Waals surface area contributed by atoms with E-state index in [9.17, 15) is 4.79 Å². The number of anilines is 1. The molecule has 0 saturated carbocycles. The van der Waals surface area contributed by atoms with Crippen LogP contribution in [-0.4, -0.2) is 65.8 Å². The summed E-state index contributed by atoms with van der Waals surface area (Å²) >= 11 is 1.29. The van der Waals surface area contributed by atoms with Crippen LogP contribution in [0.2, 0.25) is 0 Å². The standard InChI is InChI=1S/C19H25N5O3S/c1-12-7-18(28-23-12)22-19(25)21-17-5-6-24(13-10-27-11-13)9-15(17)16-4-3-14(26-2)8-20-16/h3-4,7-8,13,15,17H,5-6,9-11H2,1-2H3,(H2,21,22,25). The monoisotopic (exact) mass is 403 g/mol. The zero-order chi connectivity index (χ0) is 19.5. The van der Waals surface area contributed by atoms with Gasteiger partial charge in [-0.3, -0.25) is 15.2 Å². The van der Waals surface area contributed by atoms with Crippen molar-refractivity contribution in [1.82, 2.24) is 19.6 Å². The number of likely N-dealkylation sites (tertiary alicyclic amines) is 1. The predicted molar refractivity (Wildman–Crippen MR) is 107 cm³/mol. The first kappa shape index (κ1) is 19.1. The average molecular weight is 404 g/mol. The minimum atomic E-state index is -0.201. The number of carbonyl (C=O) groups excluding carboxylic acids is 1. The van der Waals surface area contributed by atoms with Crippen LogP contribution in [0, 0.1) is 6.92 Å². The molecule has 2 atom stereocenters. The third-order valence-electron chi connectivity index (χ3n) is 5.34. The molecule has 4 rings (SSSR count). The molecule has 0 bridgehead atoms. The van der Waals surface area contributed by atoms with Gasteiger partial charge in [0.2, 0.25) is 0 Å². The van der Waals surface area contributed by atoms with Gasteiger partial charge in [0.25, 0.3) is 0 Å². The Bertz CT molecular complexity index is 808. The number of nitrogens with zero attached hydrogens (tertiary/aromatic N) is 3. The first-order valence-corrected chi connectivity index (χ1v) is 10.2. The lowest BCUT2D eigenvalue weighted by Crippen LogP contribution is -2.57. The molecular weight excluding hydrogens is 378 g/mol. The third kappa shape index (κ3) is 4.26. The van der Waals surface area contributed by atoms with Crippen molar-refractivity contribution in [3.05, 3.63) is 35.8 Å². The van der Waals surface area contributed by atoms with Crippen molar-refractivity contribution in [2.75, 3.05) is 38.7 Å². The molecule has 2 aliphatic heterocycles. The first-order valence-electron chi connectivity index (χ1n) is 9.45. The van der Waals surface area contributed by atoms with Crippen molar-refractivity contribution in [2.45, 2.75) is 31.3 Å². The number of methoxy groups -OCH3 is 1. The van der Waals surface area contributed by atoms with Crippen LogP contribution in [0.5, 0.6) is 5.75 Å². The second-order valence-corrected chi connectivity index (χ2v) is 8.05. The van der Waals surface area contributed by atoms with Crippen LogP contribution in [0.25, 0.3) is 0 Å². The lowest BCUT2D eigenvalue weighted by atomic mass is 9.88. The number of ether oxygens (including phenoxy) is 2. The van der Waals surface area contributed by atoms with Crippen molar-refractivity contribution in [1.29, 1.82) is 0 Å². The van der Waals surface area contributed by atoms with Gasteiger partial charge in [0, 0.05) is 30.7 Å². The van der Waals surface area contributed by atoms with E-state index in [1.54, 1.807) is 13.3 Å². The van der Waals surface area contributed by atoms with Crippen LogP contribution in [0.3, 0.4) is 0 Å². The van der Waals surface area contributed by atoms with Crippen LogP contribution < -0.4 is 15.4 Å². The first-order chi connectivity index (χ1) is 13.6. The number of pyridine rings is 1.